The molecule has 0 aromatic heterocycles. The summed E-state index contributed by atoms with van der Waals surface area (Å²) in [6, 6.07) is 14.2. The van der Waals surface area contributed by atoms with E-state index < -0.39 is 12.1 Å². The summed E-state index contributed by atoms with van der Waals surface area (Å²) >= 11 is 0. The van der Waals surface area contributed by atoms with E-state index in [9.17, 15) is 9.59 Å². The predicted molar refractivity (Wildman–Crippen MR) is 103 cm³/mol. The summed E-state index contributed by atoms with van der Waals surface area (Å²) in [4.78, 5) is 24.7. The minimum Gasteiger partial charge on any atom is -0.454 e. The van der Waals surface area contributed by atoms with E-state index in [4.69, 9.17) is 14.2 Å². The lowest BCUT2D eigenvalue weighted by atomic mass is 10.0. The van der Waals surface area contributed by atoms with Crippen molar-refractivity contribution in [1.29, 1.82) is 0 Å². The molecule has 2 amide bonds. The van der Waals surface area contributed by atoms with E-state index in [1.54, 1.807) is 0 Å². The molecule has 1 atom stereocenters. The van der Waals surface area contributed by atoms with E-state index in [-0.39, 0.29) is 25.2 Å². The lowest BCUT2D eigenvalue weighted by Crippen LogP contribution is -2.49. The Morgan fingerprint density at radius 2 is 1.79 bits per heavy atom. The van der Waals surface area contributed by atoms with Crippen molar-refractivity contribution >= 4 is 12.0 Å². The van der Waals surface area contributed by atoms with Gasteiger partial charge in [0, 0.05) is 6.54 Å². The maximum Gasteiger partial charge on any atom is 0.408 e. The molecule has 1 aliphatic rings. The minimum atomic E-state index is -0.697. The van der Waals surface area contributed by atoms with Gasteiger partial charge >= 0.3 is 6.09 Å². The van der Waals surface area contributed by atoms with Crippen molar-refractivity contribution in [3.05, 3.63) is 59.7 Å². The second-order valence-electron chi connectivity index (χ2n) is 6.83. The Hall–Kier alpha value is -3.22. The number of fused-ring (bicyclic) bond motifs is 1. The van der Waals surface area contributed by atoms with Crippen molar-refractivity contribution < 1.29 is 23.8 Å². The number of nitrogens with one attached hydrogen (secondary N) is 2. The number of amides is 2. The first-order chi connectivity index (χ1) is 13.5. The summed E-state index contributed by atoms with van der Waals surface area (Å²) < 4.78 is 15.8. The summed E-state index contributed by atoms with van der Waals surface area (Å²) in [5.74, 6) is 0.984. The molecule has 0 bridgehead atoms. The zero-order valence-electron chi connectivity index (χ0n) is 15.9. The Balaban J connectivity index is 1.51. The van der Waals surface area contributed by atoms with Gasteiger partial charge in [0.1, 0.15) is 12.6 Å². The Bertz CT molecular complexity index is 823. The van der Waals surface area contributed by atoms with Gasteiger partial charge in [-0.3, -0.25) is 4.79 Å². The van der Waals surface area contributed by atoms with Gasteiger partial charge in [0.25, 0.3) is 0 Å². The summed E-state index contributed by atoms with van der Waals surface area (Å²) in [6.07, 6.45) is -0.624. The van der Waals surface area contributed by atoms with E-state index in [1.807, 2.05) is 62.4 Å². The number of benzene rings is 2. The predicted octanol–water partition coefficient (Wildman–Crippen LogP) is 2.98. The molecule has 0 unspecified atom stereocenters. The molecular formula is C21H24N2O5. The quantitative estimate of drug-likeness (QED) is 0.767. The molecule has 0 radical (unpaired) electrons. The van der Waals surface area contributed by atoms with Crippen molar-refractivity contribution in [2.75, 3.05) is 6.79 Å². The van der Waals surface area contributed by atoms with Gasteiger partial charge in [-0.1, -0.05) is 50.2 Å². The first kappa shape index (κ1) is 19.5. The molecule has 2 N–H and O–H groups in total. The molecule has 2 aromatic carbocycles. The van der Waals surface area contributed by atoms with Crippen LogP contribution in [-0.2, 0) is 22.7 Å². The van der Waals surface area contributed by atoms with Gasteiger partial charge in [0.15, 0.2) is 11.5 Å². The maximum absolute atomic E-state index is 12.6. The van der Waals surface area contributed by atoms with Crippen LogP contribution in [0.3, 0.4) is 0 Å². The van der Waals surface area contributed by atoms with Crippen LogP contribution in [0.4, 0.5) is 4.79 Å². The standard InChI is InChI=1S/C21H24N2O5/c1-14(2)19(23-21(25)26-12-15-6-4-3-5-7-15)20(24)22-11-16-8-9-17-18(10-16)28-13-27-17/h3-10,14,19H,11-13H2,1-2H3,(H,22,24)(H,23,25)/t19-/m1/s1. The van der Waals surface area contributed by atoms with Crippen LogP contribution in [0, 0.1) is 5.92 Å². The fraction of sp³-hybridized carbons (Fsp3) is 0.333. The normalized spacial score (nSPS) is 13.1. The second-order valence-corrected chi connectivity index (χ2v) is 6.83. The van der Waals surface area contributed by atoms with Gasteiger partial charge in [0.2, 0.25) is 12.7 Å². The smallest absolute Gasteiger partial charge is 0.408 e. The summed E-state index contributed by atoms with van der Waals surface area (Å²) in [5.41, 5.74) is 1.76. The average Bonchev–Trinajstić information content (AvgIpc) is 3.17. The molecule has 0 saturated carbocycles. The Kier molecular flexibility index (Phi) is 6.37. The van der Waals surface area contributed by atoms with Crippen LogP contribution in [0.15, 0.2) is 48.5 Å². The monoisotopic (exact) mass is 384 g/mol. The van der Waals surface area contributed by atoms with Gasteiger partial charge in [0.05, 0.1) is 0 Å². The highest BCUT2D eigenvalue weighted by atomic mass is 16.7. The zero-order valence-corrected chi connectivity index (χ0v) is 15.9. The zero-order chi connectivity index (χ0) is 19.9. The van der Waals surface area contributed by atoms with Crippen LogP contribution in [0.2, 0.25) is 0 Å². The van der Waals surface area contributed by atoms with Crippen molar-refractivity contribution in [1.82, 2.24) is 10.6 Å². The van der Waals surface area contributed by atoms with Crippen LogP contribution >= 0.6 is 0 Å². The average molecular weight is 384 g/mol. The van der Waals surface area contributed by atoms with Gasteiger partial charge in [-0.05, 0) is 29.2 Å². The van der Waals surface area contributed by atoms with Gasteiger partial charge in [-0.15, -0.1) is 0 Å². The molecule has 0 aliphatic carbocycles. The molecule has 28 heavy (non-hydrogen) atoms. The Labute approximate surface area is 164 Å². The summed E-state index contributed by atoms with van der Waals surface area (Å²) in [7, 11) is 0. The van der Waals surface area contributed by atoms with Crippen LogP contribution in [0.25, 0.3) is 0 Å². The molecule has 7 nitrogen and oxygen atoms in total. The fourth-order valence-corrected chi connectivity index (χ4v) is 2.78. The molecule has 148 valence electrons. The molecule has 0 saturated heterocycles. The third-order valence-electron chi connectivity index (χ3n) is 4.34. The number of ether oxygens (including phenoxy) is 3. The number of carbonyl (C=O) groups is 2. The van der Waals surface area contributed by atoms with E-state index in [0.29, 0.717) is 18.0 Å². The fourth-order valence-electron chi connectivity index (χ4n) is 2.78. The first-order valence-electron chi connectivity index (χ1n) is 9.16. The highest BCUT2D eigenvalue weighted by Gasteiger charge is 2.25. The Morgan fingerprint density at radius 1 is 1.04 bits per heavy atom. The van der Waals surface area contributed by atoms with Crippen molar-refractivity contribution in [3.63, 3.8) is 0 Å². The highest BCUT2D eigenvalue weighted by Crippen LogP contribution is 2.32. The summed E-state index contributed by atoms with van der Waals surface area (Å²) in [5, 5.41) is 5.49. The van der Waals surface area contributed by atoms with E-state index in [0.717, 1.165) is 11.1 Å². The maximum atomic E-state index is 12.6. The molecule has 1 heterocycles. The largest absolute Gasteiger partial charge is 0.454 e. The van der Waals surface area contributed by atoms with E-state index in [1.165, 1.54) is 0 Å². The number of carbonyl (C=O) groups excluding carboxylic acids is 2. The molecule has 0 fully saturated rings. The molecular weight excluding hydrogens is 360 g/mol. The third-order valence-corrected chi connectivity index (χ3v) is 4.34. The van der Waals surface area contributed by atoms with Crippen LogP contribution in [0.1, 0.15) is 25.0 Å². The number of alkyl carbamates (subject to hydrolysis) is 1. The topological polar surface area (TPSA) is 85.9 Å². The SMILES string of the molecule is CC(C)[C@@H](NC(=O)OCc1ccccc1)C(=O)NCc1ccc2c(c1)OCO2. The van der Waals surface area contributed by atoms with Gasteiger partial charge < -0.3 is 24.8 Å². The van der Waals surface area contributed by atoms with E-state index >= 15 is 0 Å². The lowest BCUT2D eigenvalue weighted by molar-refractivity contribution is -0.124. The van der Waals surface area contributed by atoms with Crippen molar-refractivity contribution in [3.8, 4) is 11.5 Å². The van der Waals surface area contributed by atoms with Crippen molar-refractivity contribution in [2.45, 2.75) is 33.0 Å². The van der Waals surface area contributed by atoms with Crippen LogP contribution in [-0.4, -0.2) is 24.8 Å². The highest BCUT2D eigenvalue weighted by molar-refractivity contribution is 5.85. The number of hydrogen-bond acceptors (Lipinski definition) is 5. The molecule has 7 heteroatoms. The molecule has 3 rings (SSSR count). The van der Waals surface area contributed by atoms with E-state index in [2.05, 4.69) is 10.6 Å². The molecule has 1 aliphatic heterocycles. The molecule has 0 spiro atoms. The van der Waals surface area contributed by atoms with Gasteiger partial charge in [-0.2, -0.15) is 0 Å². The minimum absolute atomic E-state index is 0.0963. The third kappa shape index (κ3) is 5.16. The second kappa shape index (κ2) is 9.12. The van der Waals surface area contributed by atoms with Crippen molar-refractivity contribution in [2.24, 2.45) is 5.92 Å². The molecule has 2 aromatic rings. The first-order valence-corrected chi connectivity index (χ1v) is 9.16. The van der Waals surface area contributed by atoms with Gasteiger partial charge in [-0.25, -0.2) is 4.79 Å². The lowest BCUT2D eigenvalue weighted by Gasteiger charge is -2.21. The Morgan fingerprint density at radius 3 is 2.54 bits per heavy atom. The number of rotatable bonds is 7. The van der Waals surface area contributed by atoms with Crippen LogP contribution in [0.5, 0.6) is 11.5 Å². The van der Waals surface area contributed by atoms with Crippen LogP contribution < -0.4 is 20.1 Å². The summed E-state index contributed by atoms with van der Waals surface area (Å²) in [6.45, 7) is 4.40. The number of hydrogen-bond donors (Lipinski definition) is 2.